The molecule has 1 saturated heterocycles. The zero-order valence-electron chi connectivity index (χ0n) is 20.0. The van der Waals surface area contributed by atoms with Crippen molar-refractivity contribution in [1.29, 1.82) is 0 Å². The molecule has 2 aromatic carbocycles. The third-order valence-corrected chi connectivity index (χ3v) is 6.93. The standard InChI is InChI=1S/C27H24Cl2N6O2/c1-34-14-19(13-32-34)18-10-23(25(30)31-12-18)26(36)33-21-8-9-35(15-21)27(37)17-4-2-16(3-5-17)22-7-6-20(28)11-24(22)29/h2-7,10-14,21H,8-9,15H2,1H3,(H2,30,31)(H,33,36)/t21-/m1/s1. The highest BCUT2D eigenvalue weighted by atomic mass is 35.5. The first kappa shape index (κ1) is 24.8. The summed E-state index contributed by atoms with van der Waals surface area (Å²) >= 11 is 12.3. The molecule has 1 aliphatic rings. The summed E-state index contributed by atoms with van der Waals surface area (Å²) in [4.78, 5) is 32.0. The Balaban J connectivity index is 1.23. The molecule has 188 valence electrons. The fourth-order valence-corrected chi connectivity index (χ4v) is 4.93. The van der Waals surface area contributed by atoms with Gasteiger partial charge in [0.15, 0.2) is 0 Å². The number of nitrogens with one attached hydrogen (secondary N) is 1. The van der Waals surface area contributed by atoms with Gasteiger partial charge in [-0.2, -0.15) is 5.10 Å². The van der Waals surface area contributed by atoms with Crippen molar-refractivity contribution in [3.63, 3.8) is 0 Å². The number of halogens is 2. The van der Waals surface area contributed by atoms with Gasteiger partial charge in [0.25, 0.3) is 11.8 Å². The number of aromatic nitrogens is 3. The van der Waals surface area contributed by atoms with Crippen LogP contribution in [-0.4, -0.2) is 50.6 Å². The Hall–Kier alpha value is -3.88. The van der Waals surface area contributed by atoms with Crippen LogP contribution in [0.15, 0.2) is 67.1 Å². The molecular weight excluding hydrogens is 511 g/mol. The van der Waals surface area contributed by atoms with E-state index >= 15 is 0 Å². The second-order valence-corrected chi connectivity index (χ2v) is 9.81. The second kappa shape index (κ2) is 10.2. The maximum Gasteiger partial charge on any atom is 0.255 e. The maximum absolute atomic E-state index is 13.1. The van der Waals surface area contributed by atoms with Crippen molar-refractivity contribution in [1.82, 2.24) is 25.0 Å². The maximum atomic E-state index is 13.1. The number of nitrogens with two attached hydrogens (primary N) is 1. The minimum atomic E-state index is -0.320. The minimum Gasteiger partial charge on any atom is -0.383 e. The molecule has 1 aliphatic heterocycles. The monoisotopic (exact) mass is 534 g/mol. The summed E-state index contributed by atoms with van der Waals surface area (Å²) in [6.45, 7) is 0.947. The van der Waals surface area contributed by atoms with Crippen LogP contribution in [0.2, 0.25) is 10.0 Å². The molecule has 0 spiro atoms. The summed E-state index contributed by atoms with van der Waals surface area (Å²) in [5.41, 5.74) is 10.2. The number of rotatable bonds is 5. The van der Waals surface area contributed by atoms with Crippen molar-refractivity contribution in [2.45, 2.75) is 12.5 Å². The molecule has 37 heavy (non-hydrogen) atoms. The molecule has 0 radical (unpaired) electrons. The van der Waals surface area contributed by atoms with Crippen molar-refractivity contribution < 1.29 is 9.59 Å². The summed E-state index contributed by atoms with van der Waals surface area (Å²) in [6.07, 6.45) is 5.80. The van der Waals surface area contributed by atoms with Gasteiger partial charge in [0, 0.05) is 70.9 Å². The average Bonchev–Trinajstić information content (AvgIpc) is 3.53. The zero-order valence-corrected chi connectivity index (χ0v) is 21.5. The fourth-order valence-electron chi connectivity index (χ4n) is 4.41. The molecule has 0 bridgehead atoms. The summed E-state index contributed by atoms with van der Waals surface area (Å²) in [5, 5.41) is 8.27. The van der Waals surface area contributed by atoms with Crippen LogP contribution in [0.4, 0.5) is 5.82 Å². The van der Waals surface area contributed by atoms with Crippen LogP contribution < -0.4 is 11.1 Å². The number of amides is 2. The van der Waals surface area contributed by atoms with E-state index in [1.165, 1.54) is 0 Å². The molecule has 0 unspecified atom stereocenters. The molecular formula is C27H24Cl2N6O2. The highest BCUT2D eigenvalue weighted by Crippen LogP contribution is 2.30. The van der Waals surface area contributed by atoms with Gasteiger partial charge in [-0.3, -0.25) is 14.3 Å². The van der Waals surface area contributed by atoms with Gasteiger partial charge >= 0.3 is 0 Å². The third kappa shape index (κ3) is 5.30. The van der Waals surface area contributed by atoms with E-state index in [1.807, 2.05) is 31.4 Å². The smallest absolute Gasteiger partial charge is 0.255 e. The zero-order chi connectivity index (χ0) is 26.1. The number of likely N-dealkylation sites (tertiary alicyclic amines) is 1. The Labute approximate surface area is 224 Å². The van der Waals surface area contributed by atoms with Gasteiger partial charge in [-0.05, 0) is 42.3 Å². The highest BCUT2D eigenvalue weighted by Gasteiger charge is 2.29. The molecule has 0 aliphatic carbocycles. The van der Waals surface area contributed by atoms with Crippen LogP contribution in [0.3, 0.4) is 0 Å². The van der Waals surface area contributed by atoms with Gasteiger partial charge in [-0.1, -0.05) is 41.4 Å². The van der Waals surface area contributed by atoms with Gasteiger partial charge in [0.2, 0.25) is 0 Å². The number of hydrogen-bond donors (Lipinski definition) is 2. The molecule has 3 N–H and O–H groups in total. The SMILES string of the molecule is Cn1cc(-c2cnc(N)c(C(=O)N[C@@H]3CCN(C(=O)c4ccc(-c5ccc(Cl)cc5Cl)cc4)C3)c2)cn1. The Bertz CT molecular complexity index is 1480. The normalized spacial score (nSPS) is 15.1. The minimum absolute atomic E-state index is 0.0924. The number of aryl methyl sites for hydroxylation is 1. The number of carbonyl (C=O) groups excluding carboxylic acids is 2. The van der Waals surface area contributed by atoms with Crippen LogP contribution in [0.25, 0.3) is 22.3 Å². The number of nitrogens with zero attached hydrogens (tertiary/aromatic N) is 4. The molecule has 2 aromatic heterocycles. The number of anilines is 1. The van der Waals surface area contributed by atoms with Crippen LogP contribution >= 0.6 is 23.2 Å². The Morgan fingerprint density at radius 2 is 1.81 bits per heavy atom. The lowest BCUT2D eigenvalue weighted by atomic mass is 10.0. The Kier molecular flexibility index (Phi) is 6.86. The van der Waals surface area contributed by atoms with Crippen molar-refractivity contribution in [2.24, 2.45) is 7.05 Å². The van der Waals surface area contributed by atoms with Gasteiger partial charge in [0.05, 0.1) is 11.8 Å². The Morgan fingerprint density at radius 1 is 1.03 bits per heavy atom. The van der Waals surface area contributed by atoms with Gasteiger partial charge in [0.1, 0.15) is 5.82 Å². The van der Waals surface area contributed by atoms with Crippen molar-refractivity contribution in [2.75, 3.05) is 18.8 Å². The number of hydrogen-bond acceptors (Lipinski definition) is 5. The number of benzene rings is 2. The molecule has 4 aromatic rings. The largest absolute Gasteiger partial charge is 0.383 e. The van der Waals surface area contributed by atoms with E-state index in [1.54, 1.807) is 52.3 Å². The lowest BCUT2D eigenvalue weighted by molar-refractivity contribution is 0.0783. The molecule has 1 atom stereocenters. The first-order chi connectivity index (χ1) is 17.8. The van der Waals surface area contributed by atoms with Crippen molar-refractivity contribution >= 4 is 40.8 Å². The predicted octanol–water partition coefficient (Wildman–Crippen LogP) is 4.68. The molecule has 8 nitrogen and oxygen atoms in total. The highest BCUT2D eigenvalue weighted by molar-refractivity contribution is 6.36. The molecule has 1 fully saturated rings. The molecule has 5 rings (SSSR count). The summed E-state index contributed by atoms with van der Waals surface area (Å²) < 4.78 is 1.68. The molecule has 10 heteroatoms. The van der Waals surface area contributed by atoms with E-state index in [2.05, 4.69) is 15.4 Å². The van der Waals surface area contributed by atoms with E-state index in [0.717, 1.165) is 22.3 Å². The predicted molar refractivity (Wildman–Crippen MR) is 145 cm³/mol. The molecule has 0 saturated carbocycles. The third-order valence-electron chi connectivity index (χ3n) is 6.39. The van der Waals surface area contributed by atoms with Crippen LogP contribution in [0.1, 0.15) is 27.1 Å². The van der Waals surface area contributed by atoms with Crippen molar-refractivity contribution in [3.05, 3.63) is 88.3 Å². The lowest BCUT2D eigenvalue weighted by Gasteiger charge is -2.18. The van der Waals surface area contributed by atoms with Gasteiger partial charge in [-0.15, -0.1) is 0 Å². The molecule has 3 heterocycles. The van der Waals surface area contributed by atoms with E-state index in [-0.39, 0.29) is 23.7 Å². The number of nitrogen functional groups attached to an aromatic ring is 1. The summed E-state index contributed by atoms with van der Waals surface area (Å²) in [6, 6.07) is 14.1. The number of carbonyl (C=O) groups is 2. The fraction of sp³-hybridized carbons (Fsp3) is 0.185. The van der Waals surface area contributed by atoms with E-state index < -0.39 is 0 Å². The lowest BCUT2D eigenvalue weighted by Crippen LogP contribution is -2.38. The van der Waals surface area contributed by atoms with Crippen LogP contribution in [0.5, 0.6) is 0 Å². The van der Waals surface area contributed by atoms with Gasteiger partial charge < -0.3 is 16.0 Å². The summed E-state index contributed by atoms with van der Waals surface area (Å²) in [5.74, 6) is -0.263. The first-order valence-corrected chi connectivity index (χ1v) is 12.4. The second-order valence-electron chi connectivity index (χ2n) is 8.97. The van der Waals surface area contributed by atoms with Crippen molar-refractivity contribution in [3.8, 4) is 22.3 Å². The van der Waals surface area contributed by atoms with Gasteiger partial charge in [-0.25, -0.2) is 4.98 Å². The van der Waals surface area contributed by atoms with E-state index in [4.69, 9.17) is 28.9 Å². The average molecular weight is 535 g/mol. The topological polar surface area (TPSA) is 106 Å². The van der Waals surface area contributed by atoms with Crippen LogP contribution in [0, 0.1) is 0 Å². The first-order valence-electron chi connectivity index (χ1n) is 11.7. The van der Waals surface area contributed by atoms with Crippen LogP contribution in [-0.2, 0) is 7.05 Å². The Morgan fingerprint density at radius 3 is 2.51 bits per heavy atom. The number of pyridine rings is 1. The van der Waals surface area contributed by atoms with E-state index in [0.29, 0.717) is 40.7 Å². The molecule has 2 amide bonds. The quantitative estimate of drug-likeness (QED) is 0.386. The van der Waals surface area contributed by atoms with E-state index in [9.17, 15) is 9.59 Å². The summed E-state index contributed by atoms with van der Waals surface area (Å²) in [7, 11) is 1.82.